The van der Waals surface area contributed by atoms with E-state index < -0.39 is 0 Å². The molecular formula is C22H24N6O2S. The van der Waals surface area contributed by atoms with Crippen molar-refractivity contribution in [3.05, 3.63) is 52.1 Å². The highest BCUT2D eigenvalue weighted by molar-refractivity contribution is 8.02. The van der Waals surface area contributed by atoms with Crippen molar-refractivity contribution in [2.75, 3.05) is 0 Å². The SMILES string of the molecule is C[C@@H]1CCCC[C@@H]1n1c(=O)n(Cc2noc(C3CC=CS3)n2)c2cnc3[nH]ccc3c21. The molecule has 1 aliphatic carbocycles. The summed E-state index contributed by atoms with van der Waals surface area (Å²) in [6, 6.07) is 2.20. The van der Waals surface area contributed by atoms with E-state index in [4.69, 9.17) is 4.52 Å². The summed E-state index contributed by atoms with van der Waals surface area (Å²) in [5, 5.41) is 7.38. The molecule has 1 aliphatic heterocycles. The molecule has 0 bridgehead atoms. The molecule has 31 heavy (non-hydrogen) atoms. The zero-order chi connectivity index (χ0) is 20.9. The van der Waals surface area contributed by atoms with Crippen LogP contribution >= 0.6 is 11.8 Å². The van der Waals surface area contributed by atoms with E-state index >= 15 is 0 Å². The van der Waals surface area contributed by atoms with Crippen LogP contribution in [-0.4, -0.2) is 29.2 Å². The molecular weight excluding hydrogens is 412 g/mol. The summed E-state index contributed by atoms with van der Waals surface area (Å²) in [4.78, 5) is 26.1. The molecule has 3 atom stereocenters. The van der Waals surface area contributed by atoms with Crippen molar-refractivity contribution in [3.8, 4) is 0 Å². The van der Waals surface area contributed by atoms with Gasteiger partial charge in [0, 0.05) is 17.6 Å². The normalized spacial score (nSPS) is 24.0. The minimum atomic E-state index is -0.0208. The quantitative estimate of drug-likeness (QED) is 0.504. The molecule has 4 aromatic heterocycles. The Labute approximate surface area is 182 Å². The number of fused-ring (bicyclic) bond motifs is 3. The maximum atomic E-state index is 13.8. The van der Waals surface area contributed by atoms with Crippen LogP contribution in [0.25, 0.3) is 22.1 Å². The minimum Gasteiger partial charge on any atom is -0.346 e. The first-order chi connectivity index (χ1) is 15.2. The summed E-state index contributed by atoms with van der Waals surface area (Å²) >= 11 is 1.68. The first-order valence-electron chi connectivity index (χ1n) is 10.9. The molecule has 160 valence electrons. The molecule has 0 aromatic carbocycles. The zero-order valence-corrected chi connectivity index (χ0v) is 18.1. The van der Waals surface area contributed by atoms with Gasteiger partial charge in [0.05, 0.1) is 29.0 Å². The van der Waals surface area contributed by atoms with Crippen LogP contribution in [0.15, 0.2) is 39.3 Å². The first-order valence-corrected chi connectivity index (χ1v) is 11.8. The van der Waals surface area contributed by atoms with Gasteiger partial charge in [-0.15, -0.1) is 11.8 Å². The van der Waals surface area contributed by atoms with Crippen molar-refractivity contribution >= 4 is 33.8 Å². The molecule has 1 saturated carbocycles. The van der Waals surface area contributed by atoms with Crippen LogP contribution in [0.2, 0.25) is 0 Å². The lowest BCUT2D eigenvalue weighted by Crippen LogP contribution is -2.32. The Bertz CT molecular complexity index is 1340. The van der Waals surface area contributed by atoms with Gasteiger partial charge in [0.2, 0.25) is 5.89 Å². The predicted octanol–water partition coefficient (Wildman–Crippen LogP) is 4.55. The van der Waals surface area contributed by atoms with Gasteiger partial charge in [0.25, 0.3) is 0 Å². The van der Waals surface area contributed by atoms with E-state index in [9.17, 15) is 4.79 Å². The highest BCUT2D eigenvalue weighted by atomic mass is 32.2. The van der Waals surface area contributed by atoms with Gasteiger partial charge in [-0.2, -0.15) is 4.98 Å². The standard InChI is InChI=1S/C22H24N6O2S/c1-13-5-2-3-6-15(13)28-19-14-8-9-23-20(14)24-11-16(19)27(22(28)29)12-18-25-21(30-26-18)17-7-4-10-31-17/h4,8-11,13,15,17H,2-3,5-7,12H2,1H3,(H,23,24)/t13-,15+,17?/m1/s1. The number of nitrogens with zero attached hydrogens (tertiary/aromatic N) is 5. The Morgan fingerprint density at radius 1 is 1.32 bits per heavy atom. The maximum Gasteiger partial charge on any atom is 0.329 e. The van der Waals surface area contributed by atoms with Crippen molar-refractivity contribution < 1.29 is 4.52 Å². The van der Waals surface area contributed by atoms with Crippen LogP contribution in [0.4, 0.5) is 0 Å². The number of rotatable bonds is 4. The van der Waals surface area contributed by atoms with Gasteiger partial charge < -0.3 is 9.51 Å². The van der Waals surface area contributed by atoms with Crippen LogP contribution in [0.3, 0.4) is 0 Å². The van der Waals surface area contributed by atoms with E-state index in [1.807, 2.05) is 16.8 Å². The first kappa shape index (κ1) is 18.9. The van der Waals surface area contributed by atoms with E-state index in [2.05, 4.69) is 38.5 Å². The number of thioether (sulfide) groups is 1. The lowest BCUT2D eigenvalue weighted by Gasteiger charge is -2.29. The monoisotopic (exact) mass is 436 g/mol. The fourth-order valence-electron chi connectivity index (χ4n) is 5.05. The van der Waals surface area contributed by atoms with Gasteiger partial charge >= 0.3 is 5.69 Å². The van der Waals surface area contributed by atoms with Crippen LogP contribution < -0.4 is 5.69 Å². The number of allylic oxidation sites excluding steroid dienone is 1. The molecule has 0 saturated heterocycles. The number of pyridine rings is 1. The second-order valence-electron chi connectivity index (χ2n) is 8.58. The Kier molecular flexibility index (Phi) is 4.52. The molecule has 0 radical (unpaired) electrons. The Morgan fingerprint density at radius 3 is 3.06 bits per heavy atom. The molecule has 1 unspecified atom stereocenters. The van der Waals surface area contributed by atoms with Crippen molar-refractivity contribution in [2.24, 2.45) is 5.92 Å². The lowest BCUT2D eigenvalue weighted by atomic mass is 9.85. The molecule has 1 N–H and O–H groups in total. The van der Waals surface area contributed by atoms with Gasteiger partial charge in [-0.05, 0) is 36.7 Å². The fourth-order valence-corrected chi connectivity index (χ4v) is 5.90. The van der Waals surface area contributed by atoms with E-state index in [1.54, 1.807) is 22.5 Å². The van der Waals surface area contributed by atoms with E-state index in [0.29, 0.717) is 17.6 Å². The van der Waals surface area contributed by atoms with E-state index in [0.717, 1.165) is 47.8 Å². The fraction of sp³-hybridized carbons (Fsp3) is 0.455. The lowest BCUT2D eigenvalue weighted by molar-refractivity contribution is 0.256. The van der Waals surface area contributed by atoms with Crippen LogP contribution in [-0.2, 0) is 6.54 Å². The number of aromatic amines is 1. The molecule has 1 fully saturated rings. The summed E-state index contributed by atoms with van der Waals surface area (Å²) < 4.78 is 9.27. The predicted molar refractivity (Wildman–Crippen MR) is 120 cm³/mol. The van der Waals surface area contributed by atoms with Crippen molar-refractivity contribution in [2.45, 2.75) is 56.9 Å². The van der Waals surface area contributed by atoms with E-state index in [-0.39, 0.29) is 23.5 Å². The van der Waals surface area contributed by atoms with Crippen LogP contribution in [0, 0.1) is 5.92 Å². The zero-order valence-electron chi connectivity index (χ0n) is 17.3. The van der Waals surface area contributed by atoms with Crippen molar-refractivity contribution in [3.63, 3.8) is 0 Å². The van der Waals surface area contributed by atoms with Gasteiger partial charge in [-0.25, -0.2) is 9.78 Å². The summed E-state index contributed by atoms with van der Waals surface area (Å²) in [6.07, 6.45) is 11.2. The largest absolute Gasteiger partial charge is 0.346 e. The van der Waals surface area contributed by atoms with Crippen molar-refractivity contribution in [1.29, 1.82) is 0 Å². The van der Waals surface area contributed by atoms with Gasteiger partial charge in [-0.3, -0.25) is 9.13 Å². The molecule has 8 nitrogen and oxygen atoms in total. The summed E-state index contributed by atoms with van der Waals surface area (Å²) in [5.41, 5.74) is 2.55. The summed E-state index contributed by atoms with van der Waals surface area (Å²) in [6.45, 7) is 2.53. The average Bonchev–Trinajstić information content (AvgIpc) is 3.56. The summed E-state index contributed by atoms with van der Waals surface area (Å²) in [7, 11) is 0. The molecule has 0 amide bonds. The second kappa shape index (κ2) is 7.40. The van der Waals surface area contributed by atoms with Crippen LogP contribution in [0.1, 0.15) is 62.0 Å². The average molecular weight is 437 g/mol. The van der Waals surface area contributed by atoms with E-state index in [1.165, 1.54) is 6.42 Å². The number of hydrogen-bond donors (Lipinski definition) is 1. The van der Waals surface area contributed by atoms with Crippen molar-refractivity contribution in [1.82, 2.24) is 29.2 Å². The molecule has 2 aliphatic rings. The molecule has 0 spiro atoms. The molecule has 5 heterocycles. The van der Waals surface area contributed by atoms with Gasteiger partial charge in [0.1, 0.15) is 5.65 Å². The number of hydrogen-bond acceptors (Lipinski definition) is 6. The number of imidazole rings is 1. The van der Waals surface area contributed by atoms with Crippen LogP contribution in [0.5, 0.6) is 0 Å². The minimum absolute atomic E-state index is 0.0208. The highest BCUT2D eigenvalue weighted by Gasteiger charge is 2.29. The molecule has 6 rings (SSSR count). The second-order valence-corrected chi connectivity index (χ2v) is 9.69. The highest BCUT2D eigenvalue weighted by Crippen LogP contribution is 2.38. The topological polar surface area (TPSA) is 94.5 Å². The number of H-pyrrole nitrogens is 1. The smallest absolute Gasteiger partial charge is 0.329 e. The molecule has 9 heteroatoms. The third kappa shape index (κ3) is 3.05. The Balaban J connectivity index is 1.48. The third-order valence-corrected chi connectivity index (χ3v) is 7.73. The Morgan fingerprint density at radius 2 is 2.23 bits per heavy atom. The van der Waals surface area contributed by atoms with Gasteiger partial charge in [-0.1, -0.05) is 31.0 Å². The summed E-state index contributed by atoms with van der Waals surface area (Å²) in [5.74, 6) is 1.60. The van der Waals surface area contributed by atoms with Gasteiger partial charge in [0.15, 0.2) is 5.82 Å². The Hall–Kier alpha value is -2.81. The number of nitrogens with one attached hydrogen (secondary N) is 1. The maximum absolute atomic E-state index is 13.8. The third-order valence-electron chi connectivity index (χ3n) is 6.65. The molecule has 4 aromatic rings. The number of aromatic nitrogens is 6.